The highest BCUT2D eigenvalue weighted by molar-refractivity contribution is 7.16. The molecule has 210 valence electrons. The van der Waals surface area contributed by atoms with Crippen LogP contribution in [0.25, 0.3) is 6.08 Å². The molecule has 2 heterocycles. The van der Waals surface area contributed by atoms with E-state index in [0.717, 1.165) is 28.8 Å². The van der Waals surface area contributed by atoms with Crippen molar-refractivity contribution < 1.29 is 4.79 Å². The predicted molar refractivity (Wildman–Crippen MR) is 162 cm³/mol. The summed E-state index contributed by atoms with van der Waals surface area (Å²) in [5.41, 5.74) is 1.58. The number of carbonyl (C=O) groups is 1. The summed E-state index contributed by atoms with van der Waals surface area (Å²) < 4.78 is 0. The molecule has 0 saturated carbocycles. The molecule has 0 N–H and O–H groups in total. The van der Waals surface area contributed by atoms with Crippen LogP contribution >= 0.6 is 11.3 Å². The predicted octanol–water partition coefficient (Wildman–Crippen LogP) is 7.41. The van der Waals surface area contributed by atoms with Crippen LogP contribution in [0.15, 0.2) is 10.7 Å². The molecule has 1 aliphatic rings. The molecule has 1 amide bonds. The molecule has 0 aromatic carbocycles. The van der Waals surface area contributed by atoms with Gasteiger partial charge in [0.1, 0.15) is 0 Å². The van der Waals surface area contributed by atoms with Gasteiger partial charge in [-0.2, -0.15) is 5.10 Å². The van der Waals surface area contributed by atoms with Crippen LogP contribution in [-0.2, 0) is 10.2 Å². The highest BCUT2D eigenvalue weighted by Gasteiger charge is 2.32. The average Bonchev–Trinajstić information content (AvgIpc) is 3.40. The van der Waals surface area contributed by atoms with E-state index >= 15 is 0 Å². The van der Waals surface area contributed by atoms with E-state index in [4.69, 9.17) is 4.98 Å². The van der Waals surface area contributed by atoms with Crippen molar-refractivity contribution in [2.45, 2.75) is 105 Å². The first-order valence-corrected chi connectivity index (χ1v) is 15.3. The van der Waals surface area contributed by atoms with Crippen LogP contribution in [0, 0.1) is 11.8 Å². The zero-order valence-electron chi connectivity index (χ0n) is 25.4. The van der Waals surface area contributed by atoms with Gasteiger partial charge >= 0.3 is 0 Å². The van der Waals surface area contributed by atoms with E-state index in [1.54, 1.807) is 18.4 Å². The van der Waals surface area contributed by atoms with Crippen molar-refractivity contribution in [3.05, 3.63) is 16.1 Å². The first-order chi connectivity index (χ1) is 17.5. The quantitative estimate of drug-likeness (QED) is 0.235. The Morgan fingerprint density at radius 2 is 1.51 bits per heavy atom. The normalized spacial score (nSPS) is 16.9. The summed E-state index contributed by atoms with van der Waals surface area (Å²) in [4.78, 5) is 23.8. The van der Waals surface area contributed by atoms with Crippen molar-refractivity contribution in [1.82, 2.24) is 14.9 Å². The van der Waals surface area contributed by atoms with Crippen LogP contribution in [0.1, 0.15) is 110 Å². The van der Waals surface area contributed by atoms with Crippen LogP contribution in [0.2, 0.25) is 0 Å². The van der Waals surface area contributed by atoms with Crippen LogP contribution in [0.5, 0.6) is 0 Å². The lowest BCUT2D eigenvalue weighted by Gasteiger charge is -2.30. The van der Waals surface area contributed by atoms with Gasteiger partial charge in [-0.25, -0.2) is 9.99 Å². The Kier molecular flexibility index (Phi) is 12.1. The number of amides is 1. The maximum Gasteiger partial charge on any atom is 0.277 e. The molecule has 0 spiro atoms. The second-order valence-corrected chi connectivity index (χ2v) is 12.9. The molecule has 2 atom stereocenters. The number of nitrogens with zero attached hydrogens (tertiary/aromatic N) is 5. The van der Waals surface area contributed by atoms with Gasteiger partial charge in [0.25, 0.3) is 5.91 Å². The first-order valence-electron chi connectivity index (χ1n) is 14.5. The van der Waals surface area contributed by atoms with Gasteiger partial charge < -0.3 is 9.80 Å². The molecule has 2 rings (SSSR count). The van der Waals surface area contributed by atoms with Crippen LogP contribution in [0.3, 0.4) is 0 Å². The molecule has 6 nitrogen and oxygen atoms in total. The SMILES string of the molecule is CCCCC(CC)CN(CC(CC)CCCC)c1nc(C(C)(C)C)c(/C=C2\C(=O)N(C)N=C2N(C)C)s1. The molecule has 0 bridgehead atoms. The summed E-state index contributed by atoms with van der Waals surface area (Å²) in [6, 6.07) is 0. The summed E-state index contributed by atoms with van der Waals surface area (Å²) in [6.45, 7) is 18.0. The Hall–Kier alpha value is -1.89. The van der Waals surface area contributed by atoms with Gasteiger partial charge in [0.2, 0.25) is 0 Å². The number of carbonyl (C=O) groups excluding carboxylic acids is 1. The van der Waals surface area contributed by atoms with Crippen LogP contribution in [-0.4, -0.2) is 60.9 Å². The van der Waals surface area contributed by atoms with Crippen molar-refractivity contribution >= 4 is 34.3 Å². The minimum Gasteiger partial charge on any atom is -0.361 e. The summed E-state index contributed by atoms with van der Waals surface area (Å²) in [7, 11) is 5.59. The molecule has 37 heavy (non-hydrogen) atoms. The van der Waals surface area contributed by atoms with Gasteiger partial charge in [0.15, 0.2) is 11.0 Å². The minimum atomic E-state index is -0.130. The Morgan fingerprint density at radius 3 is 1.95 bits per heavy atom. The van der Waals surface area contributed by atoms with Gasteiger partial charge in [-0.15, -0.1) is 0 Å². The summed E-state index contributed by atoms with van der Waals surface area (Å²) in [5, 5.41) is 7.01. The smallest absolute Gasteiger partial charge is 0.277 e. The molecule has 1 aliphatic heterocycles. The van der Waals surface area contributed by atoms with E-state index in [2.05, 4.69) is 58.5 Å². The third kappa shape index (κ3) is 8.56. The third-order valence-corrected chi connectivity index (χ3v) is 8.44. The highest BCUT2D eigenvalue weighted by atomic mass is 32.1. The lowest BCUT2D eigenvalue weighted by Crippen LogP contribution is -2.34. The molecule has 0 fully saturated rings. The second kappa shape index (κ2) is 14.3. The van der Waals surface area contributed by atoms with Crippen LogP contribution in [0.4, 0.5) is 5.13 Å². The molecule has 1 aromatic heterocycles. The largest absolute Gasteiger partial charge is 0.361 e. The van der Waals surface area contributed by atoms with Crippen molar-refractivity contribution in [3.8, 4) is 0 Å². The monoisotopic (exact) mass is 531 g/mol. The number of rotatable bonds is 14. The van der Waals surface area contributed by atoms with E-state index in [0.29, 0.717) is 23.2 Å². The van der Waals surface area contributed by atoms with Crippen LogP contribution < -0.4 is 4.90 Å². The topological polar surface area (TPSA) is 52.0 Å². The van der Waals surface area contributed by atoms with E-state index < -0.39 is 0 Å². The summed E-state index contributed by atoms with van der Waals surface area (Å²) in [6.07, 6.45) is 12.0. The standard InChI is InChI=1S/C30H53N5OS/c1-11-15-17-22(13-3)20-35(21-23(14-4)18-16-12-2)29-31-26(30(5,6)7)25(37-29)19-24-27(33(8)9)32-34(10)28(24)36/h19,22-23H,11-18,20-21H2,1-10H3/b24-19-. The molecule has 1 aromatic rings. The number of hydrogen-bond donors (Lipinski definition) is 0. The van der Waals surface area contributed by atoms with E-state index in [1.807, 2.05) is 25.1 Å². The number of thiazole rings is 1. The van der Waals surface area contributed by atoms with Gasteiger partial charge in [-0.05, 0) is 30.8 Å². The minimum absolute atomic E-state index is 0.0633. The molecule has 2 unspecified atom stereocenters. The van der Waals surface area contributed by atoms with E-state index in [9.17, 15) is 4.79 Å². The zero-order chi connectivity index (χ0) is 27.8. The van der Waals surface area contributed by atoms with Crippen molar-refractivity contribution in [2.75, 3.05) is 39.1 Å². The Bertz CT molecular complexity index is 909. The number of anilines is 1. The summed E-state index contributed by atoms with van der Waals surface area (Å²) >= 11 is 1.75. The fraction of sp³-hybridized carbons (Fsp3) is 0.767. The molecule has 0 aliphatic carbocycles. The maximum atomic E-state index is 13.0. The Balaban J connectivity index is 2.55. The number of aromatic nitrogens is 1. The number of likely N-dealkylation sites (N-methyl/N-ethyl adjacent to an activating group) is 2. The Labute approximate surface area is 231 Å². The third-order valence-electron chi connectivity index (χ3n) is 7.38. The zero-order valence-corrected chi connectivity index (χ0v) is 26.2. The number of hydrazone groups is 1. The van der Waals surface area contributed by atoms with Gasteiger partial charge in [-0.1, -0.05) is 98.3 Å². The van der Waals surface area contributed by atoms with E-state index in [1.165, 1.54) is 56.4 Å². The number of amidine groups is 1. The van der Waals surface area contributed by atoms with Crippen molar-refractivity contribution in [2.24, 2.45) is 16.9 Å². The van der Waals surface area contributed by atoms with Gasteiger partial charge in [0, 0.05) is 39.6 Å². The Morgan fingerprint density at radius 1 is 0.973 bits per heavy atom. The number of hydrogen-bond acceptors (Lipinski definition) is 6. The van der Waals surface area contributed by atoms with Crippen molar-refractivity contribution in [1.29, 1.82) is 0 Å². The van der Waals surface area contributed by atoms with Gasteiger partial charge in [0.05, 0.1) is 16.1 Å². The fourth-order valence-electron chi connectivity index (χ4n) is 4.88. The lowest BCUT2D eigenvalue weighted by molar-refractivity contribution is -0.124. The average molecular weight is 532 g/mol. The first kappa shape index (κ1) is 31.3. The lowest BCUT2D eigenvalue weighted by atomic mass is 9.91. The van der Waals surface area contributed by atoms with Gasteiger partial charge in [-0.3, -0.25) is 4.79 Å². The fourth-order valence-corrected chi connectivity index (χ4v) is 6.12. The molecule has 0 radical (unpaired) electrons. The highest BCUT2D eigenvalue weighted by Crippen LogP contribution is 2.37. The van der Waals surface area contributed by atoms with E-state index in [-0.39, 0.29) is 11.3 Å². The second-order valence-electron chi connectivity index (χ2n) is 11.9. The molecule has 0 saturated heterocycles. The van der Waals surface area contributed by atoms with Crippen molar-refractivity contribution in [3.63, 3.8) is 0 Å². The number of unbranched alkanes of at least 4 members (excludes halogenated alkanes) is 2. The molecular formula is C30H53N5OS. The molecule has 7 heteroatoms. The molecular weight excluding hydrogens is 478 g/mol. The summed E-state index contributed by atoms with van der Waals surface area (Å²) in [5.74, 6) is 1.98. The maximum absolute atomic E-state index is 13.0.